The number of likely N-dealkylation sites (tertiary alicyclic amines) is 1. The normalized spacial score (nSPS) is 32.1. The zero-order valence-corrected chi connectivity index (χ0v) is 10.3. The number of aliphatic carboxylic acids is 2. The monoisotopic (exact) mass is 255 g/mol. The van der Waals surface area contributed by atoms with Gasteiger partial charge in [0.15, 0.2) is 0 Å². The van der Waals surface area contributed by atoms with E-state index in [1.807, 2.05) is 0 Å². The minimum absolute atomic E-state index is 0.0278. The number of rotatable bonds is 3. The summed E-state index contributed by atoms with van der Waals surface area (Å²) in [6.45, 7) is 1.87. The maximum atomic E-state index is 11.9. The maximum Gasteiger partial charge on any atom is 0.315 e. The summed E-state index contributed by atoms with van der Waals surface area (Å²) in [4.78, 5) is 35.6. The van der Waals surface area contributed by atoms with Crippen LogP contribution in [0, 0.1) is 17.3 Å². The lowest BCUT2D eigenvalue weighted by atomic mass is 9.81. The molecule has 0 aromatic carbocycles. The molecule has 1 unspecified atom stereocenters. The number of nitrogens with zero attached hydrogens (tertiary/aromatic N) is 1. The first-order chi connectivity index (χ1) is 8.38. The van der Waals surface area contributed by atoms with E-state index in [9.17, 15) is 19.5 Å². The highest BCUT2D eigenvalue weighted by atomic mass is 16.4. The Morgan fingerprint density at radius 3 is 2.50 bits per heavy atom. The Morgan fingerprint density at radius 2 is 2.00 bits per heavy atom. The molecule has 3 atom stereocenters. The summed E-state index contributed by atoms with van der Waals surface area (Å²) >= 11 is 0. The largest absolute Gasteiger partial charge is 0.481 e. The molecule has 100 valence electrons. The molecule has 1 aliphatic heterocycles. The van der Waals surface area contributed by atoms with Gasteiger partial charge in [0.2, 0.25) is 5.91 Å². The summed E-state index contributed by atoms with van der Waals surface area (Å²) in [6, 6.07) is 0. The third-order valence-electron chi connectivity index (χ3n) is 4.35. The van der Waals surface area contributed by atoms with Crippen LogP contribution in [0.25, 0.3) is 0 Å². The van der Waals surface area contributed by atoms with Crippen molar-refractivity contribution in [2.75, 3.05) is 13.1 Å². The van der Waals surface area contributed by atoms with E-state index in [0.29, 0.717) is 13.0 Å². The van der Waals surface area contributed by atoms with Gasteiger partial charge in [0, 0.05) is 13.1 Å². The second-order valence-corrected chi connectivity index (χ2v) is 5.33. The molecule has 0 bridgehead atoms. The van der Waals surface area contributed by atoms with Gasteiger partial charge in [0.05, 0.1) is 5.41 Å². The number of amides is 1. The van der Waals surface area contributed by atoms with Gasteiger partial charge < -0.3 is 15.1 Å². The predicted molar refractivity (Wildman–Crippen MR) is 60.8 cm³/mol. The van der Waals surface area contributed by atoms with Crippen LogP contribution >= 0.6 is 0 Å². The van der Waals surface area contributed by atoms with E-state index in [0.717, 1.165) is 12.8 Å². The minimum atomic E-state index is -1.17. The minimum Gasteiger partial charge on any atom is -0.481 e. The first-order valence-corrected chi connectivity index (χ1v) is 6.13. The molecule has 0 spiro atoms. The Kier molecular flexibility index (Phi) is 3.04. The van der Waals surface area contributed by atoms with Gasteiger partial charge in [-0.05, 0) is 25.7 Å². The van der Waals surface area contributed by atoms with Crippen molar-refractivity contribution in [2.45, 2.75) is 26.2 Å². The van der Waals surface area contributed by atoms with Crippen LogP contribution in [0.1, 0.15) is 26.2 Å². The van der Waals surface area contributed by atoms with E-state index in [2.05, 4.69) is 0 Å². The lowest BCUT2D eigenvalue weighted by molar-refractivity contribution is -0.151. The summed E-state index contributed by atoms with van der Waals surface area (Å²) in [5, 5.41) is 18.2. The lowest BCUT2D eigenvalue weighted by Gasteiger charge is -2.24. The molecule has 0 aromatic heterocycles. The average molecular weight is 255 g/mol. The van der Waals surface area contributed by atoms with Gasteiger partial charge in [-0.2, -0.15) is 0 Å². The molecule has 0 aromatic rings. The van der Waals surface area contributed by atoms with E-state index >= 15 is 0 Å². The quantitative estimate of drug-likeness (QED) is 0.713. The van der Waals surface area contributed by atoms with E-state index < -0.39 is 29.2 Å². The molecule has 2 rings (SSSR count). The molecule has 2 fully saturated rings. The fourth-order valence-electron chi connectivity index (χ4n) is 3.19. The number of hydrogen-bond donors (Lipinski definition) is 2. The maximum absolute atomic E-state index is 11.9. The first kappa shape index (κ1) is 12.9. The van der Waals surface area contributed by atoms with Crippen molar-refractivity contribution in [3.8, 4) is 0 Å². The van der Waals surface area contributed by atoms with Crippen LogP contribution in [0.15, 0.2) is 0 Å². The van der Waals surface area contributed by atoms with Crippen LogP contribution in [0.2, 0.25) is 0 Å². The molecule has 1 saturated heterocycles. The molecule has 1 saturated carbocycles. The Labute approximate surface area is 105 Å². The molecule has 1 aliphatic carbocycles. The van der Waals surface area contributed by atoms with E-state index in [4.69, 9.17) is 5.11 Å². The Morgan fingerprint density at radius 1 is 1.33 bits per heavy atom. The summed E-state index contributed by atoms with van der Waals surface area (Å²) in [6.07, 6.45) is 2.25. The summed E-state index contributed by atoms with van der Waals surface area (Å²) in [5.74, 6) is -3.63. The van der Waals surface area contributed by atoms with Crippen molar-refractivity contribution in [2.24, 2.45) is 17.3 Å². The average Bonchev–Trinajstić information content (AvgIpc) is 2.83. The zero-order chi connectivity index (χ0) is 13.5. The van der Waals surface area contributed by atoms with Crippen molar-refractivity contribution < 1.29 is 24.6 Å². The second-order valence-electron chi connectivity index (χ2n) is 5.33. The summed E-state index contributed by atoms with van der Waals surface area (Å²) in [5.41, 5.74) is -0.839. The number of carbonyl (C=O) groups is 3. The molecule has 6 heteroatoms. The van der Waals surface area contributed by atoms with Crippen molar-refractivity contribution in [3.05, 3.63) is 0 Å². The number of carboxylic acids is 2. The van der Waals surface area contributed by atoms with Crippen molar-refractivity contribution in [1.82, 2.24) is 4.90 Å². The van der Waals surface area contributed by atoms with E-state index in [1.165, 1.54) is 11.8 Å². The summed E-state index contributed by atoms with van der Waals surface area (Å²) in [7, 11) is 0. The zero-order valence-electron chi connectivity index (χ0n) is 10.3. The number of fused-ring (bicyclic) bond motifs is 1. The third-order valence-corrected chi connectivity index (χ3v) is 4.35. The third kappa shape index (κ3) is 1.76. The van der Waals surface area contributed by atoms with Gasteiger partial charge in [-0.3, -0.25) is 14.4 Å². The van der Waals surface area contributed by atoms with Crippen molar-refractivity contribution >= 4 is 17.8 Å². The number of hydrogen-bond acceptors (Lipinski definition) is 3. The van der Waals surface area contributed by atoms with E-state index in [1.54, 1.807) is 0 Å². The van der Waals surface area contributed by atoms with Crippen LogP contribution in [0.3, 0.4) is 0 Å². The molecule has 1 amide bonds. The van der Waals surface area contributed by atoms with E-state index in [-0.39, 0.29) is 12.5 Å². The predicted octanol–water partition coefficient (Wildman–Crippen LogP) is 0.420. The standard InChI is InChI=1S/C12H17NO5/c1-7(10(15)16)9(14)13-5-8-3-2-4-12(8,6-13)11(17)18/h7-8H,2-6H2,1H3,(H,15,16)(H,17,18)/t7?,8-,12+/m0/s1. The fraction of sp³-hybridized carbons (Fsp3) is 0.750. The summed E-state index contributed by atoms with van der Waals surface area (Å²) < 4.78 is 0. The van der Waals surface area contributed by atoms with Crippen molar-refractivity contribution in [3.63, 3.8) is 0 Å². The van der Waals surface area contributed by atoms with Gasteiger partial charge in [-0.15, -0.1) is 0 Å². The molecule has 2 N–H and O–H groups in total. The Hall–Kier alpha value is -1.59. The van der Waals surface area contributed by atoms with Gasteiger partial charge in [0.1, 0.15) is 5.92 Å². The second kappa shape index (κ2) is 4.26. The topological polar surface area (TPSA) is 94.9 Å². The molecule has 18 heavy (non-hydrogen) atoms. The van der Waals surface area contributed by atoms with Crippen LogP contribution < -0.4 is 0 Å². The highest BCUT2D eigenvalue weighted by molar-refractivity contribution is 5.97. The number of carboxylic acid groups (broad SMARTS) is 2. The molecule has 0 radical (unpaired) electrons. The molecular formula is C12H17NO5. The lowest BCUT2D eigenvalue weighted by Crippen LogP contribution is -2.40. The highest BCUT2D eigenvalue weighted by Gasteiger charge is 2.56. The van der Waals surface area contributed by atoms with Gasteiger partial charge >= 0.3 is 11.9 Å². The SMILES string of the molecule is CC(C(=O)O)C(=O)N1C[C@@H]2CCC[C@@]2(C(=O)O)C1. The van der Waals surface area contributed by atoms with Crippen LogP contribution in [0.4, 0.5) is 0 Å². The Balaban J connectivity index is 2.15. The van der Waals surface area contributed by atoms with Crippen LogP contribution in [-0.4, -0.2) is 46.0 Å². The van der Waals surface area contributed by atoms with Gasteiger partial charge in [-0.1, -0.05) is 6.42 Å². The van der Waals surface area contributed by atoms with Gasteiger partial charge in [-0.25, -0.2) is 0 Å². The fourth-order valence-corrected chi connectivity index (χ4v) is 3.19. The first-order valence-electron chi connectivity index (χ1n) is 6.13. The van der Waals surface area contributed by atoms with Crippen molar-refractivity contribution in [1.29, 1.82) is 0 Å². The Bertz CT molecular complexity index is 407. The molecular weight excluding hydrogens is 238 g/mol. The van der Waals surface area contributed by atoms with Gasteiger partial charge in [0.25, 0.3) is 0 Å². The smallest absolute Gasteiger partial charge is 0.315 e. The molecule has 6 nitrogen and oxygen atoms in total. The number of carbonyl (C=O) groups excluding carboxylic acids is 1. The highest BCUT2D eigenvalue weighted by Crippen LogP contribution is 2.49. The van der Waals surface area contributed by atoms with Crippen LogP contribution in [-0.2, 0) is 14.4 Å². The van der Waals surface area contributed by atoms with Crippen LogP contribution in [0.5, 0.6) is 0 Å². The molecule has 2 aliphatic rings. The molecule has 1 heterocycles.